The van der Waals surface area contributed by atoms with Crippen LogP contribution in [-0.2, 0) is 0 Å². The van der Waals surface area contributed by atoms with Crippen LogP contribution < -0.4 is 15.0 Å². The number of ether oxygens (including phenoxy) is 1. The first-order valence-corrected chi connectivity index (χ1v) is 9.61. The quantitative estimate of drug-likeness (QED) is 0.667. The van der Waals surface area contributed by atoms with E-state index in [1.807, 2.05) is 48.7 Å². The maximum absolute atomic E-state index is 5.73. The fourth-order valence-electron chi connectivity index (χ4n) is 3.34. The summed E-state index contributed by atoms with van der Waals surface area (Å²) in [5, 5.41) is 4.16. The summed E-state index contributed by atoms with van der Waals surface area (Å²) in [6.07, 6.45) is 1.82. The van der Waals surface area contributed by atoms with Gasteiger partial charge in [0.15, 0.2) is 5.11 Å². The van der Waals surface area contributed by atoms with E-state index in [9.17, 15) is 0 Å². The predicted octanol–water partition coefficient (Wildman–Crippen LogP) is 4.64. The molecule has 132 valence electrons. The molecule has 1 aromatic carbocycles. The number of para-hydroxylation sites is 2. The van der Waals surface area contributed by atoms with Crippen LogP contribution in [0.25, 0.3) is 0 Å². The number of hydrogen-bond acceptors (Lipinski definition) is 4. The molecule has 0 amide bonds. The average Bonchev–Trinajstić information content (AvgIpc) is 3.25. The molecule has 1 aliphatic heterocycles. The number of pyridine rings is 1. The van der Waals surface area contributed by atoms with Crippen molar-refractivity contribution in [3.8, 4) is 5.75 Å². The van der Waals surface area contributed by atoms with Crippen molar-refractivity contribution in [1.82, 2.24) is 10.3 Å². The Hall–Kier alpha value is -2.44. The number of methoxy groups -OCH3 is 1. The molecule has 26 heavy (non-hydrogen) atoms. The number of aryl methyl sites for hydroxylation is 1. The number of thiophene rings is 1. The highest BCUT2D eigenvalue weighted by Crippen LogP contribution is 2.45. The predicted molar refractivity (Wildman–Crippen MR) is 110 cm³/mol. The molecule has 4 nitrogen and oxygen atoms in total. The first-order chi connectivity index (χ1) is 12.7. The van der Waals surface area contributed by atoms with Gasteiger partial charge in [-0.05, 0) is 55.5 Å². The van der Waals surface area contributed by atoms with Gasteiger partial charge in [0.05, 0.1) is 30.6 Å². The number of hydrogen-bond donors (Lipinski definition) is 1. The van der Waals surface area contributed by atoms with E-state index < -0.39 is 0 Å². The fraction of sp³-hybridized carbons (Fsp3) is 0.200. The lowest BCUT2D eigenvalue weighted by atomic mass is 10.0. The van der Waals surface area contributed by atoms with Crippen molar-refractivity contribution in [2.75, 3.05) is 12.0 Å². The largest absolute Gasteiger partial charge is 0.495 e. The normalized spacial score (nSPS) is 19.5. The second kappa shape index (κ2) is 7.05. The molecule has 3 heterocycles. The third-order valence-corrected chi connectivity index (χ3v) is 5.88. The maximum Gasteiger partial charge on any atom is 0.174 e. The Morgan fingerprint density at radius 2 is 1.92 bits per heavy atom. The molecule has 0 radical (unpaired) electrons. The summed E-state index contributed by atoms with van der Waals surface area (Å²) in [5.41, 5.74) is 1.94. The number of nitrogens with zero attached hydrogens (tertiary/aromatic N) is 2. The summed E-state index contributed by atoms with van der Waals surface area (Å²) in [6, 6.07) is 18.3. The van der Waals surface area contributed by atoms with E-state index >= 15 is 0 Å². The van der Waals surface area contributed by atoms with Gasteiger partial charge in [0.2, 0.25) is 0 Å². The molecular formula is C20H19N3OS2. The summed E-state index contributed by atoms with van der Waals surface area (Å²) < 4.78 is 5.60. The Bertz CT molecular complexity index is 926. The Kier molecular flexibility index (Phi) is 4.61. The Morgan fingerprint density at radius 1 is 1.12 bits per heavy atom. The third-order valence-electron chi connectivity index (χ3n) is 4.50. The highest BCUT2D eigenvalue weighted by Gasteiger charge is 2.42. The van der Waals surface area contributed by atoms with Gasteiger partial charge in [0.1, 0.15) is 5.75 Å². The van der Waals surface area contributed by atoms with Crippen LogP contribution in [0.2, 0.25) is 0 Å². The Labute approximate surface area is 162 Å². The van der Waals surface area contributed by atoms with Crippen molar-refractivity contribution in [3.05, 3.63) is 76.2 Å². The van der Waals surface area contributed by atoms with Crippen LogP contribution in [0.1, 0.15) is 27.5 Å². The van der Waals surface area contributed by atoms with Gasteiger partial charge in [-0.15, -0.1) is 11.3 Å². The number of benzene rings is 1. The summed E-state index contributed by atoms with van der Waals surface area (Å²) in [7, 11) is 1.69. The fourth-order valence-corrected chi connectivity index (χ4v) is 4.69. The van der Waals surface area contributed by atoms with E-state index in [1.165, 1.54) is 9.75 Å². The summed E-state index contributed by atoms with van der Waals surface area (Å²) >= 11 is 7.51. The zero-order chi connectivity index (χ0) is 18.1. The van der Waals surface area contributed by atoms with Crippen LogP contribution in [0.4, 0.5) is 5.69 Å². The molecule has 1 aliphatic rings. The minimum absolute atomic E-state index is 0.0207. The van der Waals surface area contributed by atoms with Gasteiger partial charge in [-0.2, -0.15) is 0 Å². The molecule has 2 atom stereocenters. The average molecular weight is 382 g/mol. The number of aromatic nitrogens is 1. The van der Waals surface area contributed by atoms with Crippen molar-refractivity contribution >= 4 is 34.4 Å². The first kappa shape index (κ1) is 17.0. The maximum atomic E-state index is 5.73. The van der Waals surface area contributed by atoms with E-state index in [2.05, 4.69) is 34.3 Å². The SMILES string of the molecule is COc1ccccc1N1C(=S)NC(c2ccccn2)C1c1ccc(C)s1. The summed E-state index contributed by atoms with van der Waals surface area (Å²) in [4.78, 5) is 9.25. The smallest absolute Gasteiger partial charge is 0.174 e. The molecule has 6 heteroatoms. The number of nitrogens with one attached hydrogen (secondary N) is 1. The van der Waals surface area contributed by atoms with Crippen LogP contribution in [-0.4, -0.2) is 17.2 Å². The summed E-state index contributed by atoms with van der Waals surface area (Å²) in [5.74, 6) is 0.802. The highest BCUT2D eigenvalue weighted by atomic mass is 32.1. The molecule has 1 N–H and O–H groups in total. The van der Waals surface area contributed by atoms with E-state index in [1.54, 1.807) is 18.4 Å². The molecule has 0 aliphatic carbocycles. The molecule has 2 unspecified atom stereocenters. The number of rotatable bonds is 4. The van der Waals surface area contributed by atoms with E-state index in [4.69, 9.17) is 17.0 Å². The second-order valence-electron chi connectivity index (χ2n) is 6.12. The van der Waals surface area contributed by atoms with Crippen molar-refractivity contribution in [1.29, 1.82) is 0 Å². The Balaban J connectivity index is 1.85. The van der Waals surface area contributed by atoms with Gasteiger partial charge >= 0.3 is 0 Å². The lowest BCUT2D eigenvalue weighted by Crippen LogP contribution is -2.29. The van der Waals surface area contributed by atoms with Gasteiger partial charge in [0.25, 0.3) is 0 Å². The Morgan fingerprint density at radius 3 is 2.62 bits per heavy atom. The number of thiocarbonyl (C=S) groups is 1. The minimum atomic E-state index is -0.0216. The lowest BCUT2D eigenvalue weighted by Gasteiger charge is -2.28. The first-order valence-electron chi connectivity index (χ1n) is 8.39. The van der Waals surface area contributed by atoms with Gasteiger partial charge < -0.3 is 15.0 Å². The molecule has 0 saturated carbocycles. The van der Waals surface area contributed by atoms with Crippen molar-refractivity contribution in [3.63, 3.8) is 0 Å². The van der Waals surface area contributed by atoms with E-state index in [0.717, 1.165) is 17.1 Å². The van der Waals surface area contributed by atoms with Crippen LogP contribution in [0.3, 0.4) is 0 Å². The molecular weight excluding hydrogens is 362 g/mol. The standard InChI is InChI=1S/C20H19N3OS2/c1-13-10-11-17(26-13)19-18(14-7-5-6-12-21-14)22-20(25)23(19)15-8-3-4-9-16(15)24-2/h3-12,18-19H,1-2H3,(H,22,25). The minimum Gasteiger partial charge on any atom is -0.495 e. The molecule has 3 aromatic rings. The van der Waals surface area contributed by atoms with Crippen LogP contribution in [0, 0.1) is 6.92 Å². The lowest BCUT2D eigenvalue weighted by molar-refractivity contribution is 0.414. The summed E-state index contributed by atoms with van der Waals surface area (Å²) in [6.45, 7) is 2.12. The zero-order valence-electron chi connectivity index (χ0n) is 14.5. The van der Waals surface area contributed by atoms with Crippen LogP contribution in [0.15, 0.2) is 60.8 Å². The molecule has 0 bridgehead atoms. The van der Waals surface area contributed by atoms with Crippen LogP contribution in [0.5, 0.6) is 5.75 Å². The number of anilines is 1. The van der Waals surface area contributed by atoms with Gasteiger partial charge in [-0.3, -0.25) is 4.98 Å². The second-order valence-corrected chi connectivity index (χ2v) is 7.82. The van der Waals surface area contributed by atoms with Crippen molar-refractivity contribution < 1.29 is 4.74 Å². The molecule has 1 fully saturated rings. The zero-order valence-corrected chi connectivity index (χ0v) is 16.2. The van der Waals surface area contributed by atoms with Gasteiger partial charge in [-0.25, -0.2) is 0 Å². The third kappa shape index (κ3) is 2.95. The van der Waals surface area contributed by atoms with Gasteiger partial charge in [-0.1, -0.05) is 18.2 Å². The monoisotopic (exact) mass is 381 g/mol. The van der Waals surface area contributed by atoms with Gasteiger partial charge in [0, 0.05) is 16.0 Å². The van der Waals surface area contributed by atoms with E-state index in [0.29, 0.717) is 5.11 Å². The molecule has 1 saturated heterocycles. The van der Waals surface area contributed by atoms with Crippen LogP contribution >= 0.6 is 23.6 Å². The highest BCUT2D eigenvalue weighted by molar-refractivity contribution is 7.80. The van der Waals surface area contributed by atoms with Crippen molar-refractivity contribution in [2.45, 2.75) is 19.0 Å². The van der Waals surface area contributed by atoms with E-state index in [-0.39, 0.29) is 12.1 Å². The topological polar surface area (TPSA) is 37.4 Å². The molecule has 4 rings (SSSR count). The molecule has 2 aromatic heterocycles. The van der Waals surface area contributed by atoms with Crippen molar-refractivity contribution in [2.24, 2.45) is 0 Å². The molecule has 0 spiro atoms.